The van der Waals surface area contributed by atoms with Crippen LogP contribution in [0.2, 0.25) is 36.3 Å². The van der Waals surface area contributed by atoms with Crippen molar-refractivity contribution in [3.63, 3.8) is 0 Å². The average Bonchev–Trinajstić information content (AvgIpc) is 1.54. The molecule has 0 aromatic heterocycles. The number of fused-ring (bicyclic) bond motifs is 2. The molecule has 0 aliphatic carbocycles. The van der Waals surface area contributed by atoms with E-state index in [9.17, 15) is 15.0 Å². The van der Waals surface area contributed by atoms with Gasteiger partial charge < -0.3 is 80.7 Å². The smallest absolute Gasteiger partial charge is 0.193 e. The first kappa shape index (κ1) is 118. The summed E-state index contributed by atoms with van der Waals surface area (Å²) in [6.07, 6.45) is 12.6. The van der Waals surface area contributed by atoms with Crippen LogP contribution in [0.3, 0.4) is 0 Å². The minimum Gasteiger partial charge on any atom is -0.408 e. The van der Waals surface area contributed by atoms with Crippen LogP contribution in [0.25, 0.3) is 0 Å². The molecule has 0 amide bonds. The van der Waals surface area contributed by atoms with Gasteiger partial charge in [0.05, 0.1) is 168 Å². The van der Waals surface area contributed by atoms with E-state index >= 15 is 21.6 Å². The lowest BCUT2D eigenvalue weighted by Gasteiger charge is -2.51. The molecule has 13 unspecified atom stereocenters. The van der Waals surface area contributed by atoms with Crippen molar-refractivity contribution in [2.24, 2.45) is 59.2 Å². The molecule has 10 saturated heterocycles. The van der Waals surface area contributed by atoms with Crippen molar-refractivity contribution < 1.29 is 102 Å². The fourth-order valence-corrected chi connectivity index (χ4v) is 31.0. The quantitative estimate of drug-likeness (QED) is 0.0270. The number of carbonyl (C=O) groups is 2. The molecule has 10 aliphatic heterocycles. The molecule has 0 bridgehead atoms. The summed E-state index contributed by atoms with van der Waals surface area (Å²) >= 11 is 4.54. The molecule has 37 atom stereocenters. The van der Waals surface area contributed by atoms with Gasteiger partial charge in [0.25, 0.3) is 0 Å². The third kappa shape index (κ3) is 28.8. The highest BCUT2D eigenvalue weighted by atomic mass is 127. The van der Waals surface area contributed by atoms with Crippen molar-refractivity contribution in [3.8, 4) is 0 Å². The highest BCUT2D eigenvalue weighted by molar-refractivity contribution is 14.1. The van der Waals surface area contributed by atoms with E-state index in [0.717, 1.165) is 106 Å². The second kappa shape index (κ2) is 51.9. The second-order valence-electron chi connectivity index (χ2n) is 46.6. The number of sulfone groups is 2. The van der Waals surface area contributed by atoms with Gasteiger partial charge in [-0.05, 0) is 260 Å². The van der Waals surface area contributed by atoms with Crippen LogP contribution in [-0.2, 0) is 95.0 Å². The van der Waals surface area contributed by atoms with Crippen LogP contribution in [0.15, 0.2) is 139 Å². The van der Waals surface area contributed by atoms with E-state index in [1.165, 1.54) is 0 Å². The number of carbonyl (C=O) groups excluding carboxylic acids is 2. The van der Waals surface area contributed by atoms with Gasteiger partial charge in [0.15, 0.2) is 42.1 Å². The first-order chi connectivity index (χ1) is 66.1. The Morgan fingerprint density at radius 2 is 0.929 bits per heavy atom. The van der Waals surface area contributed by atoms with Crippen molar-refractivity contribution in [1.29, 1.82) is 0 Å². The van der Waals surface area contributed by atoms with Crippen LogP contribution in [0.1, 0.15) is 265 Å². The van der Waals surface area contributed by atoms with Gasteiger partial charge in [0.1, 0.15) is 11.5 Å². The third-order valence-corrected chi connectivity index (χ3v) is 49.0. The molecule has 2 aromatic carbocycles. The number of ketones is 1. The lowest BCUT2D eigenvalue weighted by atomic mass is 9.77. The number of aldehydes is 1. The van der Waals surface area contributed by atoms with E-state index < -0.39 is 120 Å². The van der Waals surface area contributed by atoms with Gasteiger partial charge >= 0.3 is 0 Å². The Kier molecular flexibility index (Phi) is 43.6. The van der Waals surface area contributed by atoms with Gasteiger partial charge in [-0.3, -0.25) is 4.79 Å². The molecular weight excluding hydrogens is 2070 g/mol. The largest absolute Gasteiger partial charge is 0.408 e. The average molecular weight is 2250 g/mol. The summed E-state index contributed by atoms with van der Waals surface area (Å²) in [6.45, 7) is 62.4. The number of Topliss-reactive ketones (excluding diaryl/α,β-unsaturated/α-hetero) is 1. The predicted octanol–water partition coefficient (Wildman–Crippen LogP) is 23.1. The van der Waals surface area contributed by atoms with Crippen LogP contribution in [0.4, 0.5) is 0 Å². The number of hydrogen-bond donors (Lipinski definition) is 2. The number of benzene rings is 2. The Bertz CT molecular complexity index is 4600. The van der Waals surface area contributed by atoms with Crippen molar-refractivity contribution in [1.82, 2.24) is 0 Å². The molecule has 10 aliphatic rings. The molecule has 2 N–H and O–H groups in total. The summed E-state index contributed by atoms with van der Waals surface area (Å²) in [4.78, 5) is 26.7. The van der Waals surface area contributed by atoms with E-state index in [1.807, 2.05) is 14.2 Å². The summed E-state index contributed by atoms with van der Waals surface area (Å²) in [5.74, 6) is -0.635. The summed E-state index contributed by atoms with van der Waals surface area (Å²) in [7, 11) is -9.46. The Morgan fingerprint density at radius 1 is 0.514 bits per heavy atom. The van der Waals surface area contributed by atoms with Gasteiger partial charge in [-0.15, -0.1) is 0 Å². The highest BCUT2D eigenvalue weighted by Gasteiger charge is 2.61. The van der Waals surface area contributed by atoms with E-state index in [-0.39, 0.29) is 178 Å². The first-order valence-corrected chi connectivity index (χ1v) is 64.5. The number of halogens is 2. The zero-order chi connectivity index (χ0) is 103. The summed E-state index contributed by atoms with van der Waals surface area (Å²) < 4.78 is 161. The highest BCUT2D eigenvalue weighted by Crippen LogP contribution is 2.52. The lowest BCUT2D eigenvalue weighted by molar-refractivity contribution is -0.240. The molecule has 2 aromatic rings. The van der Waals surface area contributed by atoms with E-state index in [0.29, 0.717) is 70.1 Å². The van der Waals surface area contributed by atoms with Crippen molar-refractivity contribution in [2.45, 2.75) is 474 Å². The van der Waals surface area contributed by atoms with Crippen LogP contribution in [0.5, 0.6) is 0 Å². The molecule has 10 fully saturated rings. The van der Waals surface area contributed by atoms with Crippen LogP contribution in [-0.4, -0.2) is 240 Å². The van der Waals surface area contributed by atoms with Gasteiger partial charge in [0, 0.05) is 64.8 Å². The minimum absolute atomic E-state index is 0.00900. The number of ether oxygens (including phenoxy) is 12. The molecular formula is C112H178I2O22S2Si2. The third-order valence-electron chi connectivity index (χ3n) is 34.8. The molecule has 0 radical (unpaired) electrons. The van der Waals surface area contributed by atoms with Crippen LogP contribution in [0, 0.1) is 59.2 Å². The molecule has 0 spiro atoms. The molecule has 0 saturated carbocycles. The zero-order valence-corrected chi connectivity index (χ0v) is 96.6. The van der Waals surface area contributed by atoms with E-state index in [2.05, 4.69) is 221 Å². The fourth-order valence-electron chi connectivity index (χ4n) is 23.5. The first-order valence-electron chi connectivity index (χ1n) is 53.1. The maximum absolute atomic E-state index is 15.4. The number of aliphatic hydroxyl groups excluding tert-OH is 2. The van der Waals surface area contributed by atoms with Gasteiger partial charge in [-0.2, -0.15) is 0 Å². The number of methoxy groups -OCH3 is 2. The summed E-state index contributed by atoms with van der Waals surface area (Å²) in [5.41, 5.74) is 4.07. The second-order valence-corrected chi connectivity index (χ2v) is 61.7. The molecule has 12 rings (SSSR count). The van der Waals surface area contributed by atoms with Gasteiger partial charge in [-0.25, -0.2) is 16.8 Å². The topological polar surface area (TPSA) is 272 Å². The van der Waals surface area contributed by atoms with Gasteiger partial charge in [-0.1, -0.05) is 232 Å². The lowest BCUT2D eigenvalue weighted by Crippen LogP contribution is -2.59. The SMILES string of the molecule is C=C1C(C[C@@H]2O[C@H](C[C@H](C)CC)[C@H](OC)[C@H]2C(C(=O)CC2CCC3O[C@@H]([C@H](/C=C/I)O[Si](C)(C)C(C)(C)C)[C@@H](C)[C@@H](C)C3O2)S(=O)(=O)c2ccccc2)OC(CC[C@@H]2O[C@@H](CCC=O)CC2=C)C[C@H]1C.C=C1C(C[C@@H]2O[C@H](C[C@H](C)CC)[C@H](OC)[C@H]2C(C(O)CC2CCC3O[C@@H]([C@H](/C=C/I)O[Si](C)(C)C(C)(C)C)[C@@H](C)[C@@H](C)C3O2)S(=O)(=O)c2ccccc2)OC(CC[C@@H]2O[C@@H](CCCO)CC2=C)C[C@H]1C. The van der Waals surface area contributed by atoms with E-state index in [1.54, 1.807) is 68.8 Å². The van der Waals surface area contributed by atoms with Crippen LogP contribution < -0.4 is 0 Å². The van der Waals surface area contributed by atoms with Crippen molar-refractivity contribution in [2.75, 3.05) is 20.8 Å². The molecule has 140 heavy (non-hydrogen) atoms. The maximum Gasteiger partial charge on any atom is 0.193 e. The van der Waals surface area contributed by atoms with E-state index in [4.69, 9.17) is 65.7 Å². The Morgan fingerprint density at radius 3 is 1.35 bits per heavy atom. The normalized spacial score (nSPS) is 36.0. The minimum atomic E-state index is -4.28. The maximum atomic E-state index is 15.4. The summed E-state index contributed by atoms with van der Waals surface area (Å²) in [6, 6.07) is 16.9. The Hall–Kier alpha value is -2.63. The van der Waals surface area contributed by atoms with Crippen molar-refractivity contribution >= 4 is 93.6 Å². The van der Waals surface area contributed by atoms with Crippen LogP contribution >= 0.6 is 45.2 Å². The fraction of sp³-hybridized carbons (Fsp3) is 0.768. The number of hydrogen-bond acceptors (Lipinski definition) is 22. The van der Waals surface area contributed by atoms with Crippen molar-refractivity contribution in [3.05, 3.63) is 130 Å². The molecule has 792 valence electrons. The van der Waals surface area contributed by atoms with Gasteiger partial charge in [0.2, 0.25) is 0 Å². The molecule has 10 heterocycles. The standard InChI is InChI=1S/C56H91IO11SSi.C56H87IO11SSi/c2*1-14-34(2)29-50-54(62-11)51(49(66-50)33-48-37(5)35(3)30-41(64-48)22-24-45-36(4)31-40(63-45)19-18-28-58)55(69(60,61)43-20-16-15-17-21-43)44(59)32-42-23-25-46-52(65-42)38(6)39(7)53(67-46)47(26-27-57)68-70(12,13)56(8,9)10/h15-17,20-21,26-27,34-35,38-42,44-55,58-59H,4-5,14,18-19,22-25,28-33H2,1-3,6-13H3;15-17,20-21,26-28,34-35,38-42,45-55H,4-5,14,18-19,22-25,29-33H2,1-3,6-13H3/b2*27-26+/t34-,35-,38-,39+,40+,41?,42?,44?,45+,46?,47+,48?,49+,50-,51+,52?,53-,54+,55?;34-,35-,38-,39+,40+,41?,42?,45+,46?,47+,48?,49+,50-,51+,52?,53-,54+,55?/m11/s1. The molecule has 28 heteroatoms. The zero-order valence-electron chi connectivity index (χ0n) is 88.7. The predicted molar refractivity (Wildman–Crippen MR) is 577 cm³/mol. The number of rotatable bonds is 44. The summed E-state index contributed by atoms with van der Waals surface area (Å²) in [5, 5.41) is 19.5. The Labute approximate surface area is 872 Å². The number of aliphatic hydroxyl groups is 2. The molecule has 22 nitrogen and oxygen atoms in total. The monoisotopic (exact) mass is 2250 g/mol. The Balaban J connectivity index is 0.000000268.